The summed E-state index contributed by atoms with van der Waals surface area (Å²) in [6.07, 6.45) is 14.2. The van der Waals surface area contributed by atoms with Gasteiger partial charge in [-0.15, -0.1) is 0 Å². The fourth-order valence-corrected chi connectivity index (χ4v) is 4.43. The van der Waals surface area contributed by atoms with Gasteiger partial charge in [0, 0.05) is 20.0 Å². The van der Waals surface area contributed by atoms with Crippen LogP contribution in [0.15, 0.2) is 54.6 Å². The van der Waals surface area contributed by atoms with E-state index in [1.807, 2.05) is 42.5 Å². The summed E-state index contributed by atoms with van der Waals surface area (Å²) in [4.78, 5) is 27.0. The number of benzene rings is 2. The van der Waals surface area contributed by atoms with Gasteiger partial charge in [0.25, 0.3) is 5.91 Å². The maximum atomic E-state index is 13.1. The summed E-state index contributed by atoms with van der Waals surface area (Å²) < 4.78 is 0. The number of carbonyl (C=O) groups is 2. The summed E-state index contributed by atoms with van der Waals surface area (Å²) in [5, 5.41) is 6.01. The lowest BCUT2D eigenvalue weighted by molar-refractivity contribution is -0.119. The Balaban J connectivity index is 1.68. The lowest BCUT2D eigenvalue weighted by Gasteiger charge is -2.20. The van der Waals surface area contributed by atoms with E-state index in [1.165, 1.54) is 57.8 Å². The molecule has 2 amide bonds. The van der Waals surface area contributed by atoms with Crippen molar-refractivity contribution in [2.75, 3.05) is 12.4 Å². The fourth-order valence-electron chi connectivity index (χ4n) is 4.21. The molecule has 0 saturated heterocycles. The van der Waals surface area contributed by atoms with Crippen LogP contribution in [0.1, 0.15) is 99.9 Å². The number of rotatable bonds is 16. The molecule has 0 aromatic heterocycles. The van der Waals surface area contributed by atoms with Gasteiger partial charge in [-0.25, -0.2) is 0 Å². The molecular weight excluding hydrogens is 466 g/mol. The zero-order valence-electron chi connectivity index (χ0n) is 22.1. The highest BCUT2D eigenvalue weighted by Crippen LogP contribution is 2.18. The van der Waals surface area contributed by atoms with Crippen LogP contribution in [0.5, 0.6) is 0 Å². The molecule has 0 atom stereocenters. The van der Waals surface area contributed by atoms with Crippen LogP contribution in [-0.2, 0) is 11.3 Å². The van der Waals surface area contributed by atoms with Gasteiger partial charge in [0.15, 0.2) is 5.11 Å². The lowest BCUT2D eigenvalue weighted by Crippen LogP contribution is -2.35. The van der Waals surface area contributed by atoms with Crippen LogP contribution in [-0.4, -0.2) is 28.9 Å². The van der Waals surface area contributed by atoms with Gasteiger partial charge >= 0.3 is 0 Å². The number of hydrogen-bond acceptors (Lipinski definition) is 3. The van der Waals surface area contributed by atoms with Gasteiger partial charge in [-0.05, 0) is 36.3 Å². The van der Waals surface area contributed by atoms with Crippen molar-refractivity contribution < 1.29 is 9.59 Å². The highest BCUT2D eigenvalue weighted by Gasteiger charge is 2.17. The molecule has 0 aliphatic carbocycles. The molecule has 2 N–H and O–H groups in total. The molecule has 0 heterocycles. The van der Waals surface area contributed by atoms with Crippen LogP contribution in [0.2, 0.25) is 0 Å². The third-order valence-electron chi connectivity index (χ3n) is 6.28. The maximum absolute atomic E-state index is 13.1. The second kappa shape index (κ2) is 17.7. The van der Waals surface area contributed by atoms with Crippen molar-refractivity contribution in [3.63, 3.8) is 0 Å². The Morgan fingerprint density at radius 2 is 1.33 bits per heavy atom. The van der Waals surface area contributed by atoms with Gasteiger partial charge in [0.1, 0.15) is 0 Å². The Bertz CT molecular complexity index is 933. The minimum atomic E-state index is -0.114. The Labute approximate surface area is 223 Å². The first-order chi connectivity index (χ1) is 17.5. The molecule has 0 radical (unpaired) electrons. The second-order valence-electron chi connectivity index (χ2n) is 9.48. The molecule has 2 aromatic carbocycles. The molecule has 0 fully saturated rings. The van der Waals surface area contributed by atoms with E-state index in [0.29, 0.717) is 24.2 Å². The number of nitrogens with one attached hydrogen (secondary N) is 2. The number of unbranched alkanes of at least 4 members (excludes halogenated alkanes) is 10. The first-order valence-electron chi connectivity index (χ1n) is 13.5. The molecule has 5 nitrogen and oxygen atoms in total. The van der Waals surface area contributed by atoms with E-state index >= 15 is 0 Å². The SMILES string of the molecule is CCCCCCCCCCCCCC(=O)NC(=S)Nc1ccccc1C(=O)N(C)Cc1ccccc1. The predicted molar refractivity (Wildman–Crippen MR) is 154 cm³/mol. The smallest absolute Gasteiger partial charge is 0.256 e. The Morgan fingerprint density at radius 3 is 1.97 bits per heavy atom. The van der Waals surface area contributed by atoms with Gasteiger partial charge in [-0.1, -0.05) is 114 Å². The number of para-hydroxylation sites is 1. The first-order valence-corrected chi connectivity index (χ1v) is 13.9. The molecule has 2 rings (SSSR count). The lowest BCUT2D eigenvalue weighted by atomic mass is 10.1. The highest BCUT2D eigenvalue weighted by atomic mass is 32.1. The van der Waals surface area contributed by atoms with Crippen molar-refractivity contribution in [2.45, 2.75) is 90.5 Å². The van der Waals surface area contributed by atoms with E-state index in [0.717, 1.165) is 18.4 Å². The minimum Gasteiger partial charge on any atom is -0.337 e. The molecule has 36 heavy (non-hydrogen) atoms. The standard InChI is InChI=1S/C30H43N3O2S/c1-3-4-5-6-7-8-9-10-11-12-16-23-28(34)32-30(36)31-27-22-18-17-21-26(27)29(35)33(2)24-25-19-14-13-15-20-25/h13-15,17-22H,3-12,16,23-24H2,1-2H3,(H2,31,32,34,36). The Morgan fingerprint density at radius 1 is 0.778 bits per heavy atom. The van der Waals surface area contributed by atoms with Crippen LogP contribution >= 0.6 is 12.2 Å². The molecular formula is C30H43N3O2S. The highest BCUT2D eigenvalue weighted by molar-refractivity contribution is 7.80. The van der Waals surface area contributed by atoms with Gasteiger partial charge < -0.3 is 15.5 Å². The maximum Gasteiger partial charge on any atom is 0.256 e. The third-order valence-corrected chi connectivity index (χ3v) is 6.48. The Kier molecular flexibility index (Phi) is 14.5. The number of hydrogen-bond donors (Lipinski definition) is 2. The number of thiocarbonyl (C=S) groups is 1. The summed E-state index contributed by atoms with van der Waals surface area (Å²) in [7, 11) is 1.78. The molecule has 6 heteroatoms. The van der Waals surface area contributed by atoms with Crippen molar-refractivity contribution in [3.05, 3.63) is 65.7 Å². The molecule has 0 aliphatic heterocycles. The number of carbonyl (C=O) groups excluding carboxylic acids is 2. The minimum absolute atomic E-state index is 0.0894. The van der Waals surface area contributed by atoms with E-state index in [4.69, 9.17) is 12.2 Å². The van der Waals surface area contributed by atoms with Crippen LogP contribution in [0, 0.1) is 0 Å². The van der Waals surface area contributed by atoms with E-state index in [2.05, 4.69) is 17.6 Å². The van der Waals surface area contributed by atoms with Gasteiger partial charge in [0.05, 0.1) is 11.3 Å². The quantitative estimate of drug-likeness (QED) is 0.182. The van der Waals surface area contributed by atoms with E-state index in [1.54, 1.807) is 24.1 Å². The molecule has 0 bridgehead atoms. The molecule has 0 unspecified atom stereocenters. The average molecular weight is 510 g/mol. The number of amides is 2. The molecule has 0 spiro atoms. The monoisotopic (exact) mass is 509 g/mol. The van der Waals surface area contributed by atoms with Gasteiger partial charge in [-0.3, -0.25) is 9.59 Å². The van der Waals surface area contributed by atoms with Crippen LogP contribution in [0.25, 0.3) is 0 Å². The summed E-state index contributed by atoms with van der Waals surface area (Å²) in [5.74, 6) is -0.203. The number of nitrogens with zero attached hydrogens (tertiary/aromatic N) is 1. The van der Waals surface area contributed by atoms with E-state index in [-0.39, 0.29) is 16.9 Å². The largest absolute Gasteiger partial charge is 0.337 e. The van der Waals surface area contributed by atoms with Crippen molar-refractivity contribution >= 4 is 34.8 Å². The van der Waals surface area contributed by atoms with Crippen molar-refractivity contribution in [3.8, 4) is 0 Å². The fraction of sp³-hybridized carbons (Fsp3) is 0.500. The normalized spacial score (nSPS) is 10.6. The topological polar surface area (TPSA) is 61.4 Å². The van der Waals surface area contributed by atoms with Crippen LogP contribution in [0.4, 0.5) is 5.69 Å². The third kappa shape index (κ3) is 11.8. The second-order valence-corrected chi connectivity index (χ2v) is 9.89. The summed E-state index contributed by atoms with van der Waals surface area (Å²) in [6.45, 7) is 2.76. The van der Waals surface area contributed by atoms with Crippen molar-refractivity contribution in [1.82, 2.24) is 10.2 Å². The number of anilines is 1. The predicted octanol–water partition coefficient (Wildman–Crippen LogP) is 7.47. The molecule has 0 saturated carbocycles. The first kappa shape index (κ1) is 29.5. The summed E-state index contributed by atoms with van der Waals surface area (Å²) >= 11 is 5.35. The van der Waals surface area contributed by atoms with Gasteiger partial charge in [0.2, 0.25) is 5.91 Å². The molecule has 196 valence electrons. The Hall–Kier alpha value is -2.73. The summed E-state index contributed by atoms with van der Waals surface area (Å²) in [6, 6.07) is 17.1. The van der Waals surface area contributed by atoms with Crippen LogP contribution in [0.3, 0.4) is 0 Å². The van der Waals surface area contributed by atoms with E-state index in [9.17, 15) is 9.59 Å². The van der Waals surface area contributed by atoms with Gasteiger partial charge in [-0.2, -0.15) is 0 Å². The van der Waals surface area contributed by atoms with Crippen molar-refractivity contribution in [1.29, 1.82) is 0 Å². The zero-order chi connectivity index (χ0) is 26.0. The van der Waals surface area contributed by atoms with Crippen molar-refractivity contribution in [2.24, 2.45) is 0 Å². The molecule has 2 aromatic rings. The van der Waals surface area contributed by atoms with Crippen LogP contribution < -0.4 is 10.6 Å². The zero-order valence-corrected chi connectivity index (χ0v) is 22.9. The average Bonchev–Trinajstić information content (AvgIpc) is 2.87. The molecule has 0 aliphatic rings. The summed E-state index contributed by atoms with van der Waals surface area (Å²) in [5.41, 5.74) is 2.16. The van der Waals surface area contributed by atoms with E-state index < -0.39 is 0 Å².